The topological polar surface area (TPSA) is 75.7 Å². The average molecular weight is 369 g/mol. The van der Waals surface area contributed by atoms with Gasteiger partial charge in [0.05, 0.1) is 24.3 Å². The lowest BCUT2D eigenvalue weighted by molar-refractivity contribution is -0.137. The van der Waals surface area contributed by atoms with E-state index in [1.807, 2.05) is 12.1 Å². The van der Waals surface area contributed by atoms with E-state index in [2.05, 4.69) is 0 Å². The van der Waals surface area contributed by atoms with Crippen molar-refractivity contribution in [2.75, 3.05) is 13.2 Å². The maximum absolute atomic E-state index is 12.5. The molecule has 0 amide bonds. The predicted molar refractivity (Wildman–Crippen MR) is 92.0 cm³/mol. The number of aliphatic hydroxyl groups excluding tert-OH is 2. The zero-order chi connectivity index (χ0) is 19.2. The van der Waals surface area contributed by atoms with Gasteiger partial charge in [-0.05, 0) is 61.2 Å². The highest BCUT2D eigenvalue weighted by Gasteiger charge is 2.30. The Hall–Kier alpha value is -2.09. The molecule has 0 aliphatic carbocycles. The molecule has 0 aliphatic heterocycles. The third-order valence-electron chi connectivity index (χ3n) is 4.11. The van der Waals surface area contributed by atoms with Crippen molar-refractivity contribution in [2.24, 2.45) is 5.73 Å². The number of hydrogen-bond acceptors (Lipinski definition) is 4. The van der Waals surface area contributed by atoms with Crippen molar-refractivity contribution in [1.29, 1.82) is 0 Å². The van der Waals surface area contributed by atoms with E-state index in [1.165, 1.54) is 12.1 Å². The molecule has 0 atom stereocenters. The highest BCUT2D eigenvalue weighted by atomic mass is 19.4. The van der Waals surface area contributed by atoms with Crippen molar-refractivity contribution in [1.82, 2.24) is 0 Å². The molecule has 0 spiro atoms. The van der Waals surface area contributed by atoms with Crippen LogP contribution in [0.3, 0.4) is 0 Å². The van der Waals surface area contributed by atoms with Crippen LogP contribution < -0.4 is 10.5 Å². The number of alkyl halides is 3. The summed E-state index contributed by atoms with van der Waals surface area (Å²) in [6.45, 7) is -0.549. The van der Waals surface area contributed by atoms with Gasteiger partial charge in [0.2, 0.25) is 0 Å². The number of halogens is 3. The normalized spacial score (nSPS) is 12.2. The van der Waals surface area contributed by atoms with Gasteiger partial charge >= 0.3 is 6.18 Å². The van der Waals surface area contributed by atoms with Gasteiger partial charge in [-0.1, -0.05) is 12.1 Å². The van der Waals surface area contributed by atoms with Gasteiger partial charge in [-0.25, -0.2) is 0 Å². The first-order valence-corrected chi connectivity index (χ1v) is 8.20. The highest BCUT2D eigenvalue weighted by molar-refractivity contribution is 5.35. The van der Waals surface area contributed by atoms with Crippen molar-refractivity contribution < 1.29 is 28.1 Å². The molecule has 0 radical (unpaired) electrons. The first kappa shape index (κ1) is 20.2. The Balaban J connectivity index is 1.89. The average Bonchev–Trinajstić information content (AvgIpc) is 2.63. The van der Waals surface area contributed by atoms with E-state index in [0.717, 1.165) is 24.1 Å². The van der Waals surface area contributed by atoms with Gasteiger partial charge in [0.15, 0.2) is 0 Å². The number of hydrogen-bond donors (Lipinski definition) is 3. The summed E-state index contributed by atoms with van der Waals surface area (Å²) in [6.07, 6.45) is -2.45. The van der Waals surface area contributed by atoms with Crippen molar-refractivity contribution in [3.05, 3.63) is 59.7 Å². The molecule has 4 N–H and O–H groups in total. The minimum Gasteiger partial charge on any atom is -0.457 e. The second kappa shape index (κ2) is 8.53. The lowest BCUT2D eigenvalue weighted by Gasteiger charge is -2.24. The molecule has 0 unspecified atom stereocenters. The van der Waals surface area contributed by atoms with Crippen molar-refractivity contribution in [3.63, 3.8) is 0 Å². The van der Waals surface area contributed by atoms with Gasteiger partial charge in [0.1, 0.15) is 11.5 Å². The van der Waals surface area contributed by atoms with E-state index >= 15 is 0 Å². The summed E-state index contributed by atoms with van der Waals surface area (Å²) >= 11 is 0. The van der Waals surface area contributed by atoms with Crippen LogP contribution in [0.2, 0.25) is 0 Å². The van der Waals surface area contributed by atoms with Crippen LogP contribution in [0.4, 0.5) is 13.2 Å². The lowest BCUT2D eigenvalue weighted by Crippen LogP contribution is -2.47. The second-order valence-electron chi connectivity index (χ2n) is 6.30. The summed E-state index contributed by atoms with van der Waals surface area (Å²) in [5.41, 5.74) is 5.16. The van der Waals surface area contributed by atoms with E-state index < -0.39 is 17.3 Å². The number of rotatable bonds is 8. The maximum atomic E-state index is 12.5. The van der Waals surface area contributed by atoms with Crippen LogP contribution in [0, 0.1) is 0 Å². The van der Waals surface area contributed by atoms with Crippen LogP contribution in [0.5, 0.6) is 11.5 Å². The van der Waals surface area contributed by atoms with Gasteiger partial charge in [0, 0.05) is 0 Å². The molecule has 7 heteroatoms. The molecule has 0 bridgehead atoms. The van der Waals surface area contributed by atoms with Gasteiger partial charge in [-0.15, -0.1) is 0 Å². The van der Waals surface area contributed by atoms with Gasteiger partial charge in [-0.2, -0.15) is 13.2 Å². The maximum Gasteiger partial charge on any atom is 0.416 e. The van der Waals surface area contributed by atoms with Gasteiger partial charge < -0.3 is 20.7 Å². The quantitative estimate of drug-likeness (QED) is 0.666. The first-order chi connectivity index (χ1) is 12.3. The number of aliphatic hydroxyl groups is 2. The summed E-state index contributed by atoms with van der Waals surface area (Å²) in [5, 5.41) is 18.3. The summed E-state index contributed by atoms with van der Waals surface area (Å²) in [5.74, 6) is 0.844. The van der Waals surface area contributed by atoms with E-state index in [0.29, 0.717) is 24.3 Å². The fourth-order valence-corrected chi connectivity index (χ4v) is 2.42. The van der Waals surface area contributed by atoms with Crippen molar-refractivity contribution in [2.45, 2.75) is 31.0 Å². The van der Waals surface area contributed by atoms with Gasteiger partial charge in [-0.3, -0.25) is 0 Å². The van der Waals surface area contributed by atoms with E-state index in [9.17, 15) is 13.2 Å². The SMILES string of the molecule is NC(CO)(CO)CCCc1ccc(Oc2ccc(C(F)(F)F)cc2)cc1. The number of benzene rings is 2. The molecule has 0 saturated carbocycles. The molecule has 0 aliphatic rings. The van der Waals surface area contributed by atoms with Crippen molar-refractivity contribution in [3.8, 4) is 11.5 Å². The van der Waals surface area contributed by atoms with Crippen LogP contribution in [-0.2, 0) is 12.6 Å². The molecule has 0 heterocycles. The molecular weight excluding hydrogens is 347 g/mol. The Bertz CT molecular complexity index is 681. The fourth-order valence-electron chi connectivity index (χ4n) is 2.42. The minimum atomic E-state index is -4.37. The van der Waals surface area contributed by atoms with Crippen LogP contribution in [-0.4, -0.2) is 29.0 Å². The summed E-state index contributed by atoms with van der Waals surface area (Å²) in [4.78, 5) is 0. The van der Waals surface area contributed by atoms with Crippen LogP contribution >= 0.6 is 0 Å². The third-order valence-corrected chi connectivity index (χ3v) is 4.11. The molecule has 2 rings (SSSR count). The van der Waals surface area contributed by atoms with E-state index in [-0.39, 0.29) is 13.2 Å². The number of aryl methyl sites for hydroxylation is 1. The molecular formula is C19H22F3NO3. The molecule has 0 saturated heterocycles. The van der Waals surface area contributed by atoms with Crippen LogP contribution in [0.1, 0.15) is 24.0 Å². The lowest BCUT2D eigenvalue weighted by atomic mass is 9.94. The Kier molecular flexibility index (Phi) is 6.63. The third kappa shape index (κ3) is 5.72. The standard InChI is InChI=1S/C19H22F3NO3/c20-19(21,22)15-5-9-17(10-6-15)26-16-7-3-14(4-8-16)2-1-11-18(23,12-24)13-25/h3-10,24-25H,1-2,11-13,23H2. The summed E-state index contributed by atoms with van der Waals surface area (Å²) < 4.78 is 43.1. The summed E-state index contributed by atoms with van der Waals surface area (Å²) in [6, 6.07) is 11.7. The van der Waals surface area contributed by atoms with Crippen LogP contribution in [0.25, 0.3) is 0 Å². The van der Waals surface area contributed by atoms with E-state index in [4.69, 9.17) is 20.7 Å². The monoisotopic (exact) mass is 369 g/mol. The zero-order valence-electron chi connectivity index (χ0n) is 14.2. The zero-order valence-corrected chi connectivity index (χ0v) is 14.2. The second-order valence-corrected chi connectivity index (χ2v) is 6.30. The molecule has 26 heavy (non-hydrogen) atoms. The van der Waals surface area contributed by atoms with Gasteiger partial charge in [0.25, 0.3) is 0 Å². The molecule has 0 aromatic heterocycles. The molecule has 2 aromatic carbocycles. The molecule has 2 aromatic rings. The predicted octanol–water partition coefficient (Wildman–Crippen LogP) is 3.50. The fraction of sp³-hybridized carbons (Fsp3) is 0.368. The number of ether oxygens (including phenoxy) is 1. The first-order valence-electron chi connectivity index (χ1n) is 8.20. The Labute approximate surface area is 150 Å². The Morgan fingerprint density at radius 3 is 1.81 bits per heavy atom. The van der Waals surface area contributed by atoms with E-state index in [1.54, 1.807) is 12.1 Å². The molecule has 0 fully saturated rings. The number of nitrogens with two attached hydrogens (primary N) is 1. The minimum absolute atomic E-state index is 0.274. The Morgan fingerprint density at radius 1 is 0.846 bits per heavy atom. The summed E-state index contributed by atoms with van der Waals surface area (Å²) in [7, 11) is 0. The largest absolute Gasteiger partial charge is 0.457 e. The molecule has 4 nitrogen and oxygen atoms in total. The molecule has 142 valence electrons. The smallest absolute Gasteiger partial charge is 0.416 e. The highest BCUT2D eigenvalue weighted by Crippen LogP contribution is 2.31. The Morgan fingerprint density at radius 2 is 1.35 bits per heavy atom. The van der Waals surface area contributed by atoms with Crippen LogP contribution in [0.15, 0.2) is 48.5 Å². The van der Waals surface area contributed by atoms with Crippen molar-refractivity contribution >= 4 is 0 Å².